The van der Waals surface area contributed by atoms with Crippen molar-refractivity contribution in [3.05, 3.63) is 35.1 Å². The topological polar surface area (TPSA) is 38.5 Å². The van der Waals surface area contributed by atoms with Gasteiger partial charge in [-0.1, -0.05) is 19.1 Å². The van der Waals surface area contributed by atoms with Crippen LogP contribution < -0.4 is 5.73 Å². The first-order valence-electron chi connectivity index (χ1n) is 7.51. The molecule has 1 aromatic carbocycles. The van der Waals surface area contributed by atoms with Crippen LogP contribution in [0.2, 0.25) is 0 Å². The van der Waals surface area contributed by atoms with Crippen molar-refractivity contribution in [2.24, 2.45) is 5.73 Å². The summed E-state index contributed by atoms with van der Waals surface area (Å²) >= 11 is 4.93. The molecular formula is C16H23FN2OS. The van der Waals surface area contributed by atoms with Gasteiger partial charge in [0.15, 0.2) is 0 Å². The Morgan fingerprint density at radius 3 is 3.00 bits per heavy atom. The minimum absolute atomic E-state index is 0.235. The van der Waals surface area contributed by atoms with Crippen molar-refractivity contribution in [1.82, 2.24) is 4.90 Å². The second kappa shape index (κ2) is 7.82. The van der Waals surface area contributed by atoms with Crippen LogP contribution in [0.25, 0.3) is 0 Å². The highest BCUT2D eigenvalue weighted by Crippen LogP contribution is 2.18. The van der Waals surface area contributed by atoms with Crippen LogP contribution in [0.4, 0.5) is 4.39 Å². The lowest BCUT2D eigenvalue weighted by atomic mass is 10.1. The first-order chi connectivity index (χ1) is 10.1. The van der Waals surface area contributed by atoms with Crippen molar-refractivity contribution in [3.63, 3.8) is 0 Å². The van der Waals surface area contributed by atoms with Gasteiger partial charge in [0.2, 0.25) is 0 Å². The number of rotatable bonds is 6. The second-order valence-electron chi connectivity index (χ2n) is 5.58. The molecule has 2 N–H and O–H groups in total. The zero-order valence-electron chi connectivity index (χ0n) is 12.5. The molecule has 0 aromatic heterocycles. The summed E-state index contributed by atoms with van der Waals surface area (Å²) in [7, 11) is 0. The Morgan fingerprint density at radius 1 is 1.48 bits per heavy atom. The highest BCUT2D eigenvalue weighted by molar-refractivity contribution is 7.80. The van der Waals surface area contributed by atoms with Crippen molar-refractivity contribution in [2.45, 2.75) is 38.8 Å². The van der Waals surface area contributed by atoms with E-state index in [2.05, 4.69) is 11.8 Å². The Balaban J connectivity index is 1.99. The number of benzene rings is 1. The van der Waals surface area contributed by atoms with Gasteiger partial charge in [-0.25, -0.2) is 4.39 Å². The highest BCUT2D eigenvalue weighted by atomic mass is 32.1. The molecule has 1 atom stereocenters. The monoisotopic (exact) mass is 310 g/mol. The van der Waals surface area contributed by atoms with Gasteiger partial charge < -0.3 is 10.5 Å². The predicted molar refractivity (Wildman–Crippen MR) is 86.8 cm³/mol. The Kier molecular flexibility index (Phi) is 6.08. The third-order valence-electron chi connectivity index (χ3n) is 3.67. The number of nitrogens with two attached hydrogens (primary N) is 1. The van der Waals surface area contributed by atoms with Crippen LogP contribution >= 0.6 is 12.2 Å². The van der Waals surface area contributed by atoms with Crippen LogP contribution in [0.1, 0.15) is 37.3 Å². The van der Waals surface area contributed by atoms with Gasteiger partial charge in [0.1, 0.15) is 10.8 Å². The third kappa shape index (κ3) is 5.02. The molecule has 2 rings (SSSR count). The van der Waals surface area contributed by atoms with Crippen molar-refractivity contribution >= 4 is 17.2 Å². The van der Waals surface area contributed by atoms with Crippen molar-refractivity contribution < 1.29 is 9.13 Å². The lowest BCUT2D eigenvalue weighted by Gasteiger charge is -2.32. The molecule has 0 bridgehead atoms. The van der Waals surface area contributed by atoms with E-state index in [1.165, 1.54) is 6.07 Å². The molecule has 3 nitrogen and oxygen atoms in total. The van der Waals surface area contributed by atoms with E-state index in [0.717, 1.165) is 44.5 Å². The summed E-state index contributed by atoms with van der Waals surface area (Å²) in [6, 6.07) is 4.81. The number of halogens is 1. The number of ether oxygens (including phenoxy) is 1. The van der Waals surface area contributed by atoms with Crippen LogP contribution in [0.15, 0.2) is 18.2 Å². The first kappa shape index (κ1) is 16.3. The summed E-state index contributed by atoms with van der Waals surface area (Å²) < 4.78 is 19.5. The molecule has 1 aromatic rings. The summed E-state index contributed by atoms with van der Waals surface area (Å²) in [5, 5.41) is 0. The van der Waals surface area contributed by atoms with Crippen molar-refractivity contribution in [1.29, 1.82) is 0 Å². The van der Waals surface area contributed by atoms with Crippen LogP contribution in [0.3, 0.4) is 0 Å². The molecule has 0 saturated carbocycles. The molecule has 1 aliphatic rings. The maximum absolute atomic E-state index is 13.6. The number of piperidine rings is 1. The molecule has 1 heterocycles. The largest absolute Gasteiger partial charge is 0.389 e. The van der Waals surface area contributed by atoms with Gasteiger partial charge in [-0.05, 0) is 49.6 Å². The summed E-state index contributed by atoms with van der Waals surface area (Å²) in [6.07, 6.45) is 3.56. The molecule has 116 valence electrons. The van der Waals surface area contributed by atoms with Crippen LogP contribution in [-0.2, 0) is 11.3 Å². The molecule has 0 amide bonds. The van der Waals surface area contributed by atoms with Gasteiger partial charge >= 0.3 is 0 Å². The fourth-order valence-electron chi connectivity index (χ4n) is 2.72. The molecule has 1 unspecified atom stereocenters. The van der Waals surface area contributed by atoms with E-state index < -0.39 is 0 Å². The molecule has 0 radical (unpaired) electrons. The van der Waals surface area contributed by atoms with Crippen molar-refractivity contribution in [2.75, 3.05) is 19.7 Å². The molecule has 0 spiro atoms. The quantitative estimate of drug-likeness (QED) is 0.820. The minimum atomic E-state index is -0.286. The predicted octanol–water partition coefficient (Wildman–Crippen LogP) is 2.85. The van der Waals surface area contributed by atoms with Gasteiger partial charge in [-0.3, -0.25) is 4.90 Å². The summed E-state index contributed by atoms with van der Waals surface area (Å²) in [5.41, 5.74) is 7.10. The normalized spacial score (nSPS) is 19.6. The summed E-state index contributed by atoms with van der Waals surface area (Å²) in [5.74, 6) is -0.286. The lowest BCUT2D eigenvalue weighted by molar-refractivity contribution is -0.00224. The zero-order chi connectivity index (χ0) is 15.2. The summed E-state index contributed by atoms with van der Waals surface area (Å²) in [4.78, 5) is 2.54. The Hall–Kier alpha value is -1.04. The Morgan fingerprint density at radius 2 is 2.29 bits per heavy atom. The SMILES string of the molecule is CCCOC1CCCN(Cc2cc(F)cc(C(N)=S)c2)C1. The van der Waals surface area contributed by atoms with E-state index in [0.29, 0.717) is 18.2 Å². The third-order valence-corrected chi connectivity index (χ3v) is 3.90. The minimum Gasteiger partial charge on any atom is -0.389 e. The number of likely N-dealkylation sites (tertiary alicyclic amines) is 1. The molecule has 21 heavy (non-hydrogen) atoms. The molecular weight excluding hydrogens is 287 g/mol. The zero-order valence-corrected chi connectivity index (χ0v) is 13.3. The van der Waals surface area contributed by atoms with Gasteiger partial charge in [0.05, 0.1) is 6.10 Å². The smallest absolute Gasteiger partial charge is 0.124 e. The van der Waals surface area contributed by atoms with Gasteiger partial charge in [-0.15, -0.1) is 0 Å². The Bertz CT molecular complexity index is 495. The Labute approximate surface area is 131 Å². The van der Waals surface area contributed by atoms with Gasteiger partial charge in [0.25, 0.3) is 0 Å². The van der Waals surface area contributed by atoms with E-state index in [1.54, 1.807) is 6.07 Å². The average Bonchev–Trinajstić information content (AvgIpc) is 2.45. The number of nitrogens with zero attached hydrogens (tertiary/aromatic N) is 1. The maximum atomic E-state index is 13.6. The van der Waals surface area contributed by atoms with E-state index in [4.69, 9.17) is 22.7 Å². The van der Waals surface area contributed by atoms with Crippen LogP contribution in [-0.4, -0.2) is 35.7 Å². The van der Waals surface area contributed by atoms with Gasteiger partial charge in [-0.2, -0.15) is 0 Å². The fraction of sp³-hybridized carbons (Fsp3) is 0.562. The molecule has 0 aliphatic carbocycles. The standard InChI is InChI=1S/C16H23FN2OS/c1-2-6-20-15-4-3-5-19(11-15)10-12-7-13(16(18)21)9-14(17)8-12/h7-9,15H,2-6,10-11H2,1H3,(H2,18,21). The van der Waals surface area contributed by atoms with Crippen LogP contribution in [0, 0.1) is 5.82 Å². The van der Waals surface area contributed by atoms with Gasteiger partial charge in [0, 0.05) is 25.3 Å². The molecule has 1 fully saturated rings. The molecule has 5 heteroatoms. The van der Waals surface area contributed by atoms with Crippen LogP contribution in [0.5, 0.6) is 0 Å². The van der Waals surface area contributed by atoms with E-state index in [9.17, 15) is 4.39 Å². The lowest BCUT2D eigenvalue weighted by Crippen LogP contribution is -2.39. The number of hydrogen-bond donors (Lipinski definition) is 1. The van der Waals surface area contributed by atoms with Crippen molar-refractivity contribution in [3.8, 4) is 0 Å². The fourth-order valence-corrected chi connectivity index (χ4v) is 2.84. The maximum Gasteiger partial charge on any atom is 0.124 e. The van der Waals surface area contributed by atoms with E-state index in [1.807, 2.05) is 6.07 Å². The number of hydrogen-bond acceptors (Lipinski definition) is 3. The average molecular weight is 310 g/mol. The number of thiocarbonyl (C=S) groups is 1. The van der Waals surface area contributed by atoms with E-state index >= 15 is 0 Å². The summed E-state index contributed by atoms with van der Waals surface area (Å²) in [6.45, 7) is 5.55. The van der Waals surface area contributed by atoms with E-state index in [-0.39, 0.29) is 10.8 Å². The first-order valence-corrected chi connectivity index (χ1v) is 7.92. The highest BCUT2D eigenvalue weighted by Gasteiger charge is 2.20. The molecule has 1 aliphatic heterocycles. The second-order valence-corrected chi connectivity index (χ2v) is 6.02. The molecule has 1 saturated heterocycles.